The van der Waals surface area contributed by atoms with Gasteiger partial charge in [0.1, 0.15) is 6.61 Å². The Labute approximate surface area is 160 Å². The Morgan fingerprint density at radius 2 is 1.63 bits per heavy atom. The maximum absolute atomic E-state index is 6.18. The standard InChI is InChI=1S/C22H24BNO3/c1-21(2)22(3,4)27-23(26-21)18-11-10-17-12-13-24-20(19(17)14-18)25-15-16-8-6-5-7-9-16/h5-14H,15H2,1-4H3. The Morgan fingerprint density at radius 1 is 0.926 bits per heavy atom. The molecule has 4 nitrogen and oxygen atoms in total. The quantitative estimate of drug-likeness (QED) is 0.656. The molecule has 1 aliphatic rings. The van der Waals surface area contributed by atoms with E-state index < -0.39 is 7.12 Å². The first-order valence-electron chi connectivity index (χ1n) is 9.27. The van der Waals surface area contributed by atoms with Crippen LogP contribution in [0.1, 0.15) is 33.3 Å². The van der Waals surface area contributed by atoms with Gasteiger partial charge in [0.2, 0.25) is 5.88 Å². The van der Waals surface area contributed by atoms with E-state index in [-0.39, 0.29) is 11.2 Å². The van der Waals surface area contributed by atoms with Gasteiger partial charge < -0.3 is 14.0 Å². The predicted octanol–water partition coefficient (Wildman–Crippen LogP) is 4.11. The van der Waals surface area contributed by atoms with Crippen LogP contribution < -0.4 is 10.2 Å². The summed E-state index contributed by atoms with van der Waals surface area (Å²) in [5.41, 5.74) is 1.35. The Balaban J connectivity index is 1.64. The van der Waals surface area contributed by atoms with Crippen LogP contribution in [0.3, 0.4) is 0 Å². The van der Waals surface area contributed by atoms with E-state index in [0.29, 0.717) is 12.5 Å². The van der Waals surface area contributed by atoms with Crippen LogP contribution in [0.15, 0.2) is 60.8 Å². The normalized spacial score (nSPS) is 18.0. The van der Waals surface area contributed by atoms with Gasteiger partial charge in [0.05, 0.1) is 11.2 Å². The van der Waals surface area contributed by atoms with Crippen molar-refractivity contribution in [2.45, 2.75) is 45.5 Å². The summed E-state index contributed by atoms with van der Waals surface area (Å²) in [5, 5.41) is 2.04. The van der Waals surface area contributed by atoms with Gasteiger partial charge in [-0.2, -0.15) is 0 Å². The highest BCUT2D eigenvalue weighted by Gasteiger charge is 2.51. The Kier molecular flexibility index (Phi) is 4.45. The minimum absolute atomic E-state index is 0.367. The van der Waals surface area contributed by atoms with E-state index in [4.69, 9.17) is 14.0 Å². The Morgan fingerprint density at radius 3 is 2.33 bits per heavy atom. The maximum atomic E-state index is 6.18. The van der Waals surface area contributed by atoms with Gasteiger partial charge >= 0.3 is 7.12 Å². The lowest BCUT2D eigenvalue weighted by molar-refractivity contribution is 0.00578. The first-order chi connectivity index (χ1) is 12.9. The molecular formula is C22H24BNO3. The molecule has 27 heavy (non-hydrogen) atoms. The molecule has 1 aliphatic heterocycles. The van der Waals surface area contributed by atoms with Gasteiger partial charge in [-0.1, -0.05) is 42.5 Å². The van der Waals surface area contributed by atoms with E-state index in [1.54, 1.807) is 6.20 Å². The van der Waals surface area contributed by atoms with Gasteiger partial charge in [-0.05, 0) is 56.2 Å². The van der Waals surface area contributed by atoms with Crippen LogP contribution in [0, 0.1) is 0 Å². The fraction of sp³-hybridized carbons (Fsp3) is 0.318. The highest BCUT2D eigenvalue weighted by molar-refractivity contribution is 6.62. The molecule has 0 saturated carbocycles. The van der Waals surface area contributed by atoms with Crippen molar-refractivity contribution >= 4 is 23.4 Å². The predicted molar refractivity (Wildman–Crippen MR) is 108 cm³/mol. The zero-order chi connectivity index (χ0) is 19.1. The molecule has 5 heteroatoms. The van der Waals surface area contributed by atoms with E-state index >= 15 is 0 Å². The summed E-state index contributed by atoms with van der Waals surface area (Å²) in [5.74, 6) is 0.620. The van der Waals surface area contributed by atoms with Crippen molar-refractivity contribution in [3.8, 4) is 5.88 Å². The number of benzene rings is 2. The van der Waals surface area contributed by atoms with Crippen molar-refractivity contribution in [1.29, 1.82) is 0 Å². The van der Waals surface area contributed by atoms with Gasteiger partial charge in [-0.25, -0.2) is 4.98 Å². The van der Waals surface area contributed by atoms with Gasteiger partial charge in [-0.15, -0.1) is 0 Å². The summed E-state index contributed by atoms with van der Waals surface area (Å²) >= 11 is 0. The second-order valence-electron chi connectivity index (χ2n) is 7.96. The molecule has 1 saturated heterocycles. The minimum atomic E-state index is -0.401. The lowest BCUT2D eigenvalue weighted by Gasteiger charge is -2.32. The molecule has 1 fully saturated rings. The second-order valence-corrected chi connectivity index (χ2v) is 7.96. The molecule has 0 N–H and O–H groups in total. The molecule has 0 aliphatic carbocycles. The van der Waals surface area contributed by atoms with Crippen molar-refractivity contribution < 1.29 is 14.0 Å². The minimum Gasteiger partial charge on any atom is -0.472 e. The van der Waals surface area contributed by atoms with Gasteiger partial charge in [-0.3, -0.25) is 0 Å². The van der Waals surface area contributed by atoms with Crippen LogP contribution >= 0.6 is 0 Å². The fourth-order valence-electron chi connectivity index (χ4n) is 3.13. The molecule has 2 aromatic carbocycles. The summed E-state index contributed by atoms with van der Waals surface area (Å²) in [6.45, 7) is 8.72. The van der Waals surface area contributed by atoms with Crippen LogP contribution in [-0.4, -0.2) is 23.3 Å². The SMILES string of the molecule is CC1(C)OB(c2ccc3ccnc(OCc4ccccc4)c3c2)OC1(C)C. The average molecular weight is 361 g/mol. The molecule has 138 valence electrons. The third-order valence-electron chi connectivity index (χ3n) is 5.50. The highest BCUT2D eigenvalue weighted by atomic mass is 16.7. The monoisotopic (exact) mass is 361 g/mol. The molecule has 0 spiro atoms. The number of hydrogen-bond donors (Lipinski definition) is 0. The molecule has 4 rings (SSSR count). The van der Waals surface area contributed by atoms with Gasteiger partial charge in [0.25, 0.3) is 0 Å². The Bertz CT molecular complexity index is 940. The molecular weight excluding hydrogens is 337 g/mol. The fourth-order valence-corrected chi connectivity index (χ4v) is 3.13. The average Bonchev–Trinajstić information content (AvgIpc) is 2.88. The summed E-state index contributed by atoms with van der Waals surface area (Å²) in [7, 11) is -0.401. The van der Waals surface area contributed by atoms with Gasteiger partial charge in [0.15, 0.2) is 0 Å². The zero-order valence-corrected chi connectivity index (χ0v) is 16.2. The Hall–Kier alpha value is -2.37. The topological polar surface area (TPSA) is 40.6 Å². The number of aromatic nitrogens is 1. The maximum Gasteiger partial charge on any atom is 0.494 e. The number of ether oxygens (including phenoxy) is 1. The lowest BCUT2D eigenvalue weighted by atomic mass is 9.78. The van der Waals surface area contributed by atoms with Crippen LogP contribution in [-0.2, 0) is 15.9 Å². The third-order valence-corrected chi connectivity index (χ3v) is 5.50. The molecule has 0 unspecified atom stereocenters. The summed E-state index contributed by atoms with van der Waals surface area (Å²) in [6.07, 6.45) is 1.77. The number of pyridine rings is 1. The van der Waals surface area contributed by atoms with Crippen LogP contribution in [0.4, 0.5) is 0 Å². The number of nitrogens with zero attached hydrogens (tertiary/aromatic N) is 1. The molecule has 0 amide bonds. The second kappa shape index (κ2) is 6.66. The summed E-state index contributed by atoms with van der Waals surface area (Å²) in [6, 6.07) is 18.2. The molecule has 3 aromatic rings. The van der Waals surface area contributed by atoms with E-state index in [1.807, 2.05) is 42.5 Å². The van der Waals surface area contributed by atoms with Crippen LogP contribution in [0.25, 0.3) is 10.8 Å². The number of rotatable bonds is 4. The van der Waals surface area contributed by atoms with Crippen LogP contribution in [0.5, 0.6) is 5.88 Å². The van der Waals surface area contributed by atoms with Crippen molar-refractivity contribution in [2.24, 2.45) is 0 Å². The molecule has 1 aromatic heterocycles. The molecule has 2 heterocycles. The smallest absolute Gasteiger partial charge is 0.472 e. The molecule has 0 radical (unpaired) electrons. The molecule has 0 atom stereocenters. The van der Waals surface area contributed by atoms with E-state index in [2.05, 4.69) is 44.8 Å². The highest BCUT2D eigenvalue weighted by Crippen LogP contribution is 2.36. The third kappa shape index (κ3) is 3.45. The largest absolute Gasteiger partial charge is 0.494 e. The lowest BCUT2D eigenvalue weighted by Crippen LogP contribution is -2.41. The first-order valence-corrected chi connectivity index (χ1v) is 9.27. The number of fused-ring (bicyclic) bond motifs is 1. The first kappa shape index (κ1) is 18.0. The number of hydrogen-bond acceptors (Lipinski definition) is 4. The summed E-state index contributed by atoms with van der Waals surface area (Å²) in [4.78, 5) is 4.44. The van der Waals surface area contributed by atoms with E-state index in [1.165, 1.54) is 0 Å². The summed E-state index contributed by atoms with van der Waals surface area (Å²) < 4.78 is 18.4. The van der Waals surface area contributed by atoms with Crippen molar-refractivity contribution in [3.05, 3.63) is 66.4 Å². The van der Waals surface area contributed by atoms with Crippen molar-refractivity contribution in [1.82, 2.24) is 4.98 Å². The molecule has 0 bridgehead atoms. The van der Waals surface area contributed by atoms with E-state index in [9.17, 15) is 0 Å². The van der Waals surface area contributed by atoms with Crippen molar-refractivity contribution in [3.63, 3.8) is 0 Å². The van der Waals surface area contributed by atoms with E-state index in [0.717, 1.165) is 21.8 Å². The zero-order valence-electron chi connectivity index (χ0n) is 16.2. The van der Waals surface area contributed by atoms with Crippen LogP contribution in [0.2, 0.25) is 0 Å². The van der Waals surface area contributed by atoms with Gasteiger partial charge in [0, 0.05) is 11.6 Å². The van der Waals surface area contributed by atoms with Crippen molar-refractivity contribution in [2.75, 3.05) is 0 Å².